The fourth-order valence-electron chi connectivity index (χ4n) is 3.60. The molecule has 3 atom stereocenters. The van der Waals surface area contributed by atoms with Crippen molar-refractivity contribution in [2.45, 2.75) is 63.9 Å². The molecule has 4 nitrogen and oxygen atoms in total. The molecule has 1 amide bonds. The Hall–Kier alpha value is -0.940. The zero-order valence-electron chi connectivity index (χ0n) is 13.5. The van der Waals surface area contributed by atoms with Crippen LogP contribution >= 0.6 is 11.3 Å². The third-order valence-corrected chi connectivity index (χ3v) is 6.04. The molecule has 2 heterocycles. The van der Waals surface area contributed by atoms with Gasteiger partial charge < -0.3 is 10.0 Å². The lowest BCUT2D eigenvalue weighted by Crippen LogP contribution is -2.44. The molecule has 2 fully saturated rings. The van der Waals surface area contributed by atoms with Gasteiger partial charge in [0.15, 0.2) is 0 Å². The van der Waals surface area contributed by atoms with Gasteiger partial charge in [0, 0.05) is 24.4 Å². The monoisotopic (exact) mass is 322 g/mol. The summed E-state index contributed by atoms with van der Waals surface area (Å²) in [5.74, 6) is 0.824. The summed E-state index contributed by atoms with van der Waals surface area (Å²) in [4.78, 5) is 19.4. The number of hydrogen-bond donors (Lipinski definition) is 1. The first-order valence-corrected chi connectivity index (χ1v) is 9.36. The van der Waals surface area contributed by atoms with Gasteiger partial charge in [-0.15, -0.1) is 11.3 Å². The lowest BCUT2D eigenvalue weighted by atomic mass is 9.96. The molecular formula is C17H26N2O2S. The van der Waals surface area contributed by atoms with Gasteiger partial charge in [0.05, 0.1) is 22.7 Å². The molecule has 1 aromatic heterocycles. The van der Waals surface area contributed by atoms with E-state index in [1.54, 1.807) is 11.3 Å². The molecule has 1 saturated carbocycles. The van der Waals surface area contributed by atoms with E-state index in [2.05, 4.69) is 19.2 Å². The van der Waals surface area contributed by atoms with Gasteiger partial charge in [-0.3, -0.25) is 4.79 Å². The van der Waals surface area contributed by atoms with E-state index >= 15 is 0 Å². The van der Waals surface area contributed by atoms with Crippen LogP contribution in [0.3, 0.4) is 0 Å². The number of nitrogens with zero attached hydrogens (tertiary/aromatic N) is 2. The second-order valence-electron chi connectivity index (χ2n) is 6.99. The van der Waals surface area contributed by atoms with Gasteiger partial charge in [0.25, 0.3) is 0 Å². The van der Waals surface area contributed by atoms with E-state index in [1.807, 2.05) is 4.90 Å². The number of likely N-dealkylation sites (tertiary alicyclic amines) is 1. The highest BCUT2D eigenvalue weighted by Gasteiger charge is 2.36. The minimum atomic E-state index is -0.430. The fraction of sp³-hybridized carbons (Fsp3) is 0.765. The van der Waals surface area contributed by atoms with E-state index in [4.69, 9.17) is 4.98 Å². The number of carbonyl (C=O) groups is 1. The van der Waals surface area contributed by atoms with E-state index in [-0.39, 0.29) is 11.8 Å². The quantitative estimate of drug-likeness (QED) is 0.930. The van der Waals surface area contributed by atoms with Gasteiger partial charge in [-0.2, -0.15) is 0 Å². The number of thiazole rings is 1. The predicted octanol–water partition coefficient (Wildman–Crippen LogP) is 3.13. The number of aromatic nitrogens is 1. The number of hydrogen-bond acceptors (Lipinski definition) is 4. The van der Waals surface area contributed by atoms with Crippen molar-refractivity contribution in [1.29, 1.82) is 0 Å². The Labute approximate surface area is 136 Å². The number of amides is 1. The summed E-state index contributed by atoms with van der Waals surface area (Å²) in [6, 6.07) is 0. The number of piperidine rings is 1. The molecule has 0 spiro atoms. The number of rotatable bonds is 3. The Balaban J connectivity index is 1.67. The third kappa shape index (κ3) is 3.20. The molecule has 5 heteroatoms. The van der Waals surface area contributed by atoms with Crippen molar-refractivity contribution in [1.82, 2.24) is 9.88 Å². The maximum Gasteiger partial charge on any atom is 0.228 e. The van der Waals surface area contributed by atoms with E-state index < -0.39 is 6.10 Å². The lowest BCUT2D eigenvalue weighted by Gasteiger charge is -2.34. The lowest BCUT2D eigenvalue weighted by molar-refractivity contribution is -0.139. The van der Waals surface area contributed by atoms with Crippen LogP contribution in [0.1, 0.15) is 68.5 Å². The smallest absolute Gasteiger partial charge is 0.228 e. The molecule has 0 radical (unpaired) electrons. The van der Waals surface area contributed by atoms with Crippen LogP contribution in [-0.4, -0.2) is 40.1 Å². The predicted molar refractivity (Wildman–Crippen MR) is 88.1 cm³/mol. The van der Waals surface area contributed by atoms with Crippen LogP contribution in [0.2, 0.25) is 0 Å². The summed E-state index contributed by atoms with van der Waals surface area (Å²) in [6.07, 6.45) is 4.31. The van der Waals surface area contributed by atoms with E-state index in [1.165, 1.54) is 5.01 Å². The van der Waals surface area contributed by atoms with Crippen LogP contribution in [-0.2, 0) is 4.79 Å². The van der Waals surface area contributed by atoms with E-state index in [9.17, 15) is 9.90 Å². The van der Waals surface area contributed by atoms with Gasteiger partial charge in [-0.1, -0.05) is 13.8 Å². The fourth-order valence-corrected chi connectivity index (χ4v) is 4.70. The molecule has 1 N–H and O–H groups in total. The molecule has 3 unspecified atom stereocenters. The highest BCUT2D eigenvalue weighted by molar-refractivity contribution is 7.09. The second kappa shape index (κ2) is 6.67. The summed E-state index contributed by atoms with van der Waals surface area (Å²) < 4.78 is 0. The molecule has 1 aliphatic carbocycles. The van der Waals surface area contributed by atoms with Gasteiger partial charge in [-0.05, 0) is 38.0 Å². The van der Waals surface area contributed by atoms with Crippen LogP contribution in [0.15, 0.2) is 5.38 Å². The normalized spacial score (nSPS) is 29.3. The number of aliphatic hydroxyl groups is 1. The molecule has 1 saturated heterocycles. The molecule has 3 rings (SSSR count). The SMILES string of the molecule is CC(C)c1csc(C2CCCN(C(=O)C3CCCC3O)C2)n1. The molecule has 0 bridgehead atoms. The van der Waals surface area contributed by atoms with E-state index in [0.29, 0.717) is 11.8 Å². The molecule has 1 aromatic rings. The van der Waals surface area contributed by atoms with E-state index in [0.717, 1.165) is 50.9 Å². The zero-order chi connectivity index (χ0) is 15.7. The van der Waals surface area contributed by atoms with Crippen molar-refractivity contribution >= 4 is 17.2 Å². The Bertz CT molecular complexity index is 528. The van der Waals surface area contributed by atoms with Crippen LogP contribution in [0.5, 0.6) is 0 Å². The molecule has 22 heavy (non-hydrogen) atoms. The summed E-state index contributed by atoms with van der Waals surface area (Å²) in [5, 5.41) is 13.3. The first-order valence-electron chi connectivity index (χ1n) is 8.48. The zero-order valence-corrected chi connectivity index (χ0v) is 14.3. The van der Waals surface area contributed by atoms with Crippen LogP contribution < -0.4 is 0 Å². The van der Waals surface area contributed by atoms with Crippen molar-refractivity contribution in [2.24, 2.45) is 5.92 Å². The van der Waals surface area contributed by atoms with Gasteiger partial charge >= 0.3 is 0 Å². The maximum absolute atomic E-state index is 12.7. The first-order chi connectivity index (χ1) is 10.6. The minimum absolute atomic E-state index is 0.162. The van der Waals surface area contributed by atoms with Crippen molar-refractivity contribution < 1.29 is 9.90 Å². The number of aliphatic hydroxyl groups excluding tert-OH is 1. The Morgan fingerprint density at radius 3 is 2.82 bits per heavy atom. The molecular weight excluding hydrogens is 296 g/mol. The Kier molecular flexibility index (Phi) is 4.83. The highest BCUT2D eigenvalue weighted by Crippen LogP contribution is 2.33. The van der Waals surface area contributed by atoms with Gasteiger partial charge in [0.2, 0.25) is 5.91 Å². The summed E-state index contributed by atoms with van der Waals surface area (Å²) in [6.45, 7) is 5.93. The van der Waals surface area contributed by atoms with Crippen LogP contribution in [0.4, 0.5) is 0 Å². The number of carbonyl (C=O) groups excluding carboxylic acids is 1. The van der Waals surface area contributed by atoms with Gasteiger partial charge in [0.1, 0.15) is 0 Å². The Morgan fingerprint density at radius 1 is 1.36 bits per heavy atom. The molecule has 0 aromatic carbocycles. The minimum Gasteiger partial charge on any atom is -0.392 e. The second-order valence-corrected chi connectivity index (χ2v) is 7.88. The van der Waals surface area contributed by atoms with Crippen molar-refractivity contribution in [2.75, 3.05) is 13.1 Å². The van der Waals surface area contributed by atoms with Crippen LogP contribution in [0.25, 0.3) is 0 Å². The summed E-state index contributed by atoms with van der Waals surface area (Å²) >= 11 is 1.73. The molecule has 2 aliphatic rings. The third-order valence-electron chi connectivity index (χ3n) is 5.01. The van der Waals surface area contributed by atoms with Gasteiger partial charge in [-0.25, -0.2) is 4.98 Å². The average molecular weight is 322 g/mol. The topological polar surface area (TPSA) is 53.4 Å². The average Bonchev–Trinajstić information content (AvgIpc) is 3.15. The first kappa shape index (κ1) is 15.9. The van der Waals surface area contributed by atoms with Crippen molar-refractivity contribution in [3.63, 3.8) is 0 Å². The van der Waals surface area contributed by atoms with Crippen LogP contribution in [0, 0.1) is 5.92 Å². The molecule has 122 valence electrons. The maximum atomic E-state index is 12.7. The van der Waals surface area contributed by atoms with Crippen molar-refractivity contribution in [3.8, 4) is 0 Å². The largest absolute Gasteiger partial charge is 0.392 e. The Morgan fingerprint density at radius 2 is 2.18 bits per heavy atom. The summed E-state index contributed by atoms with van der Waals surface area (Å²) in [7, 11) is 0. The highest BCUT2D eigenvalue weighted by atomic mass is 32.1. The molecule has 1 aliphatic heterocycles. The van der Waals surface area contributed by atoms with Crippen molar-refractivity contribution in [3.05, 3.63) is 16.1 Å². The summed E-state index contributed by atoms with van der Waals surface area (Å²) in [5.41, 5.74) is 1.16. The standard InChI is InChI=1S/C17H26N2O2S/c1-11(2)14-10-22-16(18-14)12-5-4-8-19(9-12)17(21)13-6-3-7-15(13)20/h10-13,15,20H,3-9H2,1-2H3.